The van der Waals surface area contributed by atoms with E-state index < -0.39 is 28.5 Å². The lowest BCUT2D eigenvalue weighted by atomic mass is 10.1. The quantitative estimate of drug-likeness (QED) is 0.316. The van der Waals surface area contributed by atoms with E-state index in [-0.39, 0.29) is 28.8 Å². The molecule has 3 rings (SSSR count). The van der Waals surface area contributed by atoms with Crippen molar-refractivity contribution in [2.24, 2.45) is 0 Å². The second-order valence-corrected chi connectivity index (χ2v) is 11.3. The van der Waals surface area contributed by atoms with Crippen molar-refractivity contribution in [3.05, 3.63) is 83.4 Å². The molecule has 3 aromatic carbocycles. The van der Waals surface area contributed by atoms with Gasteiger partial charge in [0.15, 0.2) is 0 Å². The maximum atomic E-state index is 14.0. The van der Waals surface area contributed by atoms with Gasteiger partial charge in [0.2, 0.25) is 11.8 Å². The van der Waals surface area contributed by atoms with Crippen LogP contribution >= 0.6 is 11.6 Å². The molecule has 0 saturated heterocycles. The van der Waals surface area contributed by atoms with Crippen LogP contribution in [0.3, 0.4) is 0 Å². The van der Waals surface area contributed by atoms with E-state index in [2.05, 4.69) is 5.32 Å². The third-order valence-electron chi connectivity index (χ3n) is 6.24. The normalized spacial score (nSPS) is 11.8. The van der Waals surface area contributed by atoms with Gasteiger partial charge in [-0.1, -0.05) is 42.8 Å². The van der Waals surface area contributed by atoms with Gasteiger partial charge in [-0.15, -0.1) is 0 Å². The molecule has 0 radical (unpaired) electrons. The number of para-hydroxylation sites is 2. The van der Waals surface area contributed by atoms with Crippen LogP contribution in [0.25, 0.3) is 0 Å². The highest BCUT2D eigenvalue weighted by Crippen LogP contribution is 2.33. The van der Waals surface area contributed by atoms with Crippen molar-refractivity contribution < 1.29 is 27.5 Å². The lowest BCUT2D eigenvalue weighted by Crippen LogP contribution is -2.51. The second-order valence-electron chi connectivity index (χ2n) is 8.98. The minimum atomic E-state index is -4.25. The first-order valence-electron chi connectivity index (χ1n) is 12.7. The fourth-order valence-corrected chi connectivity index (χ4v) is 5.67. The van der Waals surface area contributed by atoms with Gasteiger partial charge in [0.25, 0.3) is 10.0 Å². The Morgan fingerprint density at radius 1 is 0.975 bits per heavy atom. The number of nitrogens with one attached hydrogen (secondary N) is 1. The first kappa shape index (κ1) is 30.8. The molecule has 0 aliphatic heterocycles. The van der Waals surface area contributed by atoms with Gasteiger partial charge in [0.05, 0.1) is 24.8 Å². The summed E-state index contributed by atoms with van der Waals surface area (Å²) < 4.78 is 39.5. The highest BCUT2D eigenvalue weighted by atomic mass is 35.5. The molecule has 0 spiro atoms. The number of anilines is 1. The molecule has 9 nitrogen and oxygen atoms in total. The summed E-state index contributed by atoms with van der Waals surface area (Å²) in [6.45, 7) is 3.44. The highest BCUT2D eigenvalue weighted by molar-refractivity contribution is 7.92. The summed E-state index contributed by atoms with van der Waals surface area (Å²) in [7, 11) is -1.35. The summed E-state index contributed by atoms with van der Waals surface area (Å²) in [5.41, 5.74) is 0.873. The number of benzene rings is 3. The number of carbonyl (C=O) groups is 2. The minimum Gasteiger partial charge on any atom is -0.497 e. The first-order valence-corrected chi connectivity index (χ1v) is 14.6. The molecular formula is C29H34ClN3O6S. The number of halogens is 1. The fourth-order valence-electron chi connectivity index (χ4n) is 4.03. The Labute approximate surface area is 240 Å². The van der Waals surface area contributed by atoms with Crippen molar-refractivity contribution in [3.63, 3.8) is 0 Å². The predicted molar refractivity (Wildman–Crippen MR) is 155 cm³/mol. The van der Waals surface area contributed by atoms with Gasteiger partial charge in [0, 0.05) is 18.1 Å². The number of methoxy groups -OCH3 is 2. The molecule has 0 aliphatic rings. The van der Waals surface area contributed by atoms with Crippen molar-refractivity contribution in [3.8, 4) is 11.5 Å². The van der Waals surface area contributed by atoms with E-state index >= 15 is 0 Å². The molecule has 11 heteroatoms. The molecule has 0 saturated carbocycles. The Balaban J connectivity index is 2.06. The molecule has 0 unspecified atom stereocenters. The molecule has 0 bridgehead atoms. The van der Waals surface area contributed by atoms with Gasteiger partial charge < -0.3 is 19.7 Å². The first-order chi connectivity index (χ1) is 19.1. The van der Waals surface area contributed by atoms with Crippen molar-refractivity contribution in [2.75, 3.05) is 31.6 Å². The summed E-state index contributed by atoms with van der Waals surface area (Å²) in [6.07, 6.45) is 0.725. The fraction of sp³-hybridized carbons (Fsp3) is 0.310. The van der Waals surface area contributed by atoms with E-state index in [1.807, 2.05) is 6.92 Å². The van der Waals surface area contributed by atoms with Crippen LogP contribution in [0.1, 0.15) is 25.8 Å². The van der Waals surface area contributed by atoms with Crippen LogP contribution in [0.2, 0.25) is 5.02 Å². The van der Waals surface area contributed by atoms with Crippen LogP contribution in [-0.2, 0) is 26.2 Å². The average Bonchev–Trinajstić information content (AvgIpc) is 2.96. The van der Waals surface area contributed by atoms with Gasteiger partial charge in [0.1, 0.15) is 24.1 Å². The van der Waals surface area contributed by atoms with Crippen molar-refractivity contribution in [1.82, 2.24) is 10.2 Å². The average molecular weight is 588 g/mol. The van der Waals surface area contributed by atoms with Crippen LogP contribution in [0.4, 0.5) is 5.69 Å². The van der Waals surface area contributed by atoms with Crippen LogP contribution < -0.4 is 19.1 Å². The Morgan fingerprint density at radius 2 is 1.68 bits per heavy atom. The number of carbonyl (C=O) groups excluding carboxylic acids is 2. The molecule has 1 N–H and O–H groups in total. The molecule has 0 fully saturated rings. The van der Waals surface area contributed by atoms with Crippen molar-refractivity contribution in [1.29, 1.82) is 0 Å². The summed E-state index contributed by atoms with van der Waals surface area (Å²) >= 11 is 6.17. The highest BCUT2D eigenvalue weighted by Gasteiger charge is 2.33. The molecule has 2 amide bonds. The maximum Gasteiger partial charge on any atom is 0.264 e. The lowest BCUT2D eigenvalue weighted by molar-refractivity contribution is -0.139. The SMILES string of the molecule is CCCNC(=O)[C@H](C)N(Cc1cccc(Cl)c1)C(=O)CN(c1ccccc1OC)S(=O)(=O)c1ccc(OC)cc1. The molecule has 0 aliphatic carbocycles. The Hall–Kier alpha value is -3.76. The van der Waals surface area contributed by atoms with E-state index in [9.17, 15) is 18.0 Å². The number of ether oxygens (including phenoxy) is 2. The molecule has 40 heavy (non-hydrogen) atoms. The smallest absolute Gasteiger partial charge is 0.264 e. The van der Waals surface area contributed by atoms with E-state index in [1.54, 1.807) is 55.5 Å². The number of rotatable bonds is 13. The molecule has 1 atom stereocenters. The number of nitrogens with zero attached hydrogens (tertiary/aromatic N) is 2. The summed E-state index contributed by atoms with van der Waals surface area (Å²) in [5.74, 6) is -0.179. The standard InChI is InChI=1S/C29H34ClN3O6S/c1-5-17-31-29(35)21(2)32(19-22-9-8-10-23(30)18-22)28(34)20-33(26-11-6-7-12-27(26)39-4)40(36,37)25-15-13-24(38-3)14-16-25/h6-16,18,21H,5,17,19-20H2,1-4H3,(H,31,35)/t21-/m0/s1. The van der Waals surface area contributed by atoms with Crippen LogP contribution in [0.5, 0.6) is 11.5 Å². The Kier molecular flexibility index (Phi) is 10.8. The van der Waals surface area contributed by atoms with E-state index in [0.29, 0.717) is 22.9 Å². The number of sulfonamides is 1. The molecule has 0 heterocycles. The number of hydrogen-bond donors (Lipinski definition) is 1. The van der Waals surface area contributed by atoms with Gasteiger partial charge >= 0.3 is 0 Å². The van der Waals surface area contributed by atoms with E-state index in [1.165, 1.54) is 43.4 Å². The van der Waals surface area contributed by atoms with E-state index in [0.717, 1.165) is 10.7 Å². The Morgan fingerprint density at radius 3 is 2.30 bits per heavy atom. The Bertz CT molecular complexity index is 1420. The van der Waals surface area contributed by atoms with E-state index in [4.69, 9.17) is 21.1 Å². The third kappa shape index (κ3) is 7.45. The second kappa shape index (κ2) is 14.0. The van der Waals surface area contributed by atoms with Crippen LogP contribution in [0, 0.1) is 0 Å². The largest absolute Gasteiger partial charge is 0.497 e. The summed E-state index contributed by atoms with van der Waals surface area (Å²) in [5, 5.41) is 3.29. The van der Waals surface area contributed by atoms with Crippen LogP contribution in [0.15, 0.2) is 77.7 Å². The van der Waals surface area contributed by atoms with Crippen molar-refractivity contribution in [2.45, 2.75) is 37.8 Å². The molecule has 3 aromatic rings. The van der Waals surface area contributed by atoms with Gasteiger partial charge in [-0.3, -0.25) is 13.9 Å². The summed E-state index contributed by atoms with van der Waals surface area (Å²) in [4.78, 5) is 28.2. The maximum absolute atomic E-state index is 14.0. The molecular weight excluding hydrogens is 554 g/mol. The van der Waals surface area contributed by atoms with Gasteiger partial charge in [-0.2, -0.15) is 0 Å². The monoisotopic (exact) mass is 587 g/mol. The zero-order valence-electron chi connectivity index (χ0n) is 23.0. The molecule has 0 aromatic heterocycles. The summed E-state index contributed by atoms with van der Waals surface area (Å²) in [6, 6.07) is 18.5. The third-order valence-corrected chi connectivity index (χ3v) is 8.25. The lowest BCUT2D eigenvalue weighted by Gasteiger charge is -2.32. The topological polar surface area (TPSA) is 105 Å². The predicted octanol–water partition coefficient (Wildman–Crippen LogP) is 4.50. The van der Waals surface area contributed by atoms with Gasteiger partial charge in [-0.05, 0) is 67.4 Å². The van der Waals surface area contributed by atoms with Crippen LogP contribution in [-0.4, -0.2) is 58.5 Å². The number of amides is 2. The number of hydrogen-bond acceptors (Lipinski definition) is 6. The van der Waals surface area contributed by atoms with Gasteiger partial charge in [-0.25, -0.2) is 8.42 Å². The zero-order chi connectivity index (χ0) is 29.3. The minimum absolute atomic E-state index is 0.0397. The van der Waals surface area contributed by atoms with Crippen molar-refractivity contribution >= 4 is 39.1 Å². The zero-order valence-corrected chi connectivity index (χ0v) is 24.5. The molecule has 214 valence electrons.